The van der Waals surface area contributed by atoms with Crippen LogP contribution in [0.25, 0.3) is 11.3 Å². The van der Waals surface area contributed by atoms with Gasteiger partial charge < -0.3 is 5.11 Å². The number of rotatable bonds is 4. The van der Waals surface area contributed by atoms with Gasteiger partial charge in [-0.15, -0.1) is 5.10 Å². The number of hydrogen-bond acceptors (Lipinski definition) is 3. The molecule has 20 heavy (non-hydrogen) atoms. The molecule has 0 bridgehead atoms. The van der Waals surface area contributed by atoms with Crippen LogP contribution < -0.4 is 0 Å². The number of halogens is 3. The quantitative estimate of drug-likeness (QED) is 0.939. The van der Waals surface area contributed by atoms with E-state index in [9.17, 15) is 18.3 Å². The summed E-state index contributed by atoms with van der Waals surface area (Å²) in [6, 6.07) is 4.76. The minimum atomic E-state index is -4.36. The predicted octanol–water partition coefficient (Wildman–Crippen LogP) is 2.87. The second kappa shape index (κ2) is 5.62. The minimum absolute atomic E-state index is 0.305. The predicted molar refractivity (Wildman–Crippen MR) is 66.7 cm³/mol. The first kappa shape index (κ1) is 14.5. The van der Waals surface area contributed by atoms with Gasteiger partial charge in [0.05, 0.1) is 17.9 Å². The van der Waals surface area contributed by atoms with E-state index in [4.69, 9.17) is 0 Å². The summed E-state index contributed by atoms with van der Waals surface area (Å²) in [5.41, 5.74) is 0.767. The maximum Gasteiger partial charge on any atom is 0.416 e. The first-order valence-electron chi connectivity index (χ1n) is 6.18. The number of aliphatic hydroxyl groups excluding tert-OH is 1. The molecule has 4 nitrogen and oxygen atoms in total. The summed E-state index contributed by atoms with van der Waals surface area (Å²) in [6.45, 7) is 2.24. The van der Waals surface area contributed by atoms with E-state index in [1.54, 1.807) is 4.68 Å². The van der Waals surface area contributed by atoms with Gasteiger partial charge in [0.25, 0.3) is 0 Å². The molecule has 1 aromatic carbocycles. The molecule has 2 rings (SSSR count). The normalized spacial score (nSPS) is 11.8. The van der Waals surface area contributed by atoms with Crippen molar-refractivity contribution in [3.63, 3.8) is 0 Å². The highest BCUT2D eigenvalue weighted by Crippen LogP contribution is 2.31. The maximum absolute atomic E-state index is 12.5. The van der Waals surface area contributed by atoms with Gasteiger partial charge in [-0.3, -0.25) is 0 Å². The second-order valence-electron chi connectivity index (χ2n) is 4.34. The lowest BCUT2D eigenvalue weighted by Crippen LogP contribution is -2.05. The Hall–Kier alpha value is -1.89. The Morgan fingerprint density at radius 1 is 1.20 bits per heavy atom. The van der Waals surface area contributed by atoms with Crippen LogP contribution in [0.2, 0.25) is 0 Å². The molecule has 1 aromatic heterocycles. The molecule has 108 valence electrons. The number of aromatic nitrogens is 3. The summed E-state index contributed by atoms with van der Waals surface area (Å²) in [5.74, 6) is 0. The molecule has 0 unspecified atom stereocenters. The zero-order chi connectivity index (χ0) is 14.8. The molecule has 0 spiro atoms. The fraction of sp³-hybridized carbons (Fsp3) is 0.385. The fourth-order valence-electron chi connectivity index (χ4n) is 1.96. The topological polar surface area (TPSA) is 50.9 Å². The number of hydrogen-bond donors (Lipinski definition) is 1. The molecule has 0 fully saturated rings. The summed E-state index contributed by atoms with van der Waals surface area (Å²) in [7, 11) is 0. The van der Waals surface area contributed by atoms with Crippen LogP contribution in [0.15, 0.2) is 24.3 Å². The van der Waals surface area contributed by atoms with Gasteiger partial charge in [0.2, 0.25) is 0 Å². The largest absolute Gasteiger partial charge is 0.416 e. The van der Waals surface area contributed by atoms with Gasteiger partial charge in [0.15, 0.2) is 0 Å². The Bertz CT molecular complexity index is 576. The molecule has 0 radical (unpaired) electrons. The Labute approximate surface area is 113 Å². The molecule has 0 aliphatic rings. The smallest absolute Gasteiger partial charge is 0.390 e. The Balaban J connectivity index is 2.43. The number of aliphatic hydroxyl groups is 1. The highest BCUT2D eigenvalue weighted by molar-refractivity contribution is 5.62. The van der Waals surface area contributed by atoms with Crippen molar-refractivity contribution in [2.45, 2.75) is 32.7 Å². The van der Waals surface area contributed by atoms with Crippen LogP contribution in [-0.2, 0) is 19.3 Å². The molecule has 1 N–H and O–H groups in total. The van der Waals surface area contributed by atoms with E-state index in [1.165, 1.54) is 12.1 Å². The zero-order valence-corrected chi connectivity index (χ0v) is 10.9. The maximum atomic E-state index is 12.5. The van der Waals surface area contributed by atoms with E-state index in [0.29, 0.717) is 23.5 Å². The zero-order valence-electron chi connectivity index (χ0n) is 10.9. The molecule has 2 aromatic rings. The van der Waals surface area contributed by atoms with E-state index >= 15 is 0 Å². The van der Waals surface area contributed by atoms with Crippen molar-refractivity contribution in [1.82, 2.24) is 15.0 Å². The standard InChI is InChI=1S/C13H14F3N3O/c1-2-7-19-12(11(8-20)17-18-19)9-3-5-10(6-4-9)13(14,15)16/h3-6,20H,2,7-8H2,1H3. The molecule has 0 amide bonds. The van der Waals surface area contributed by atoms with Crippen LogP contribution in [0, 0.1) is 0 Å². The lowest BCUT2D eigenvalue weighted by Gasteiger charge is -2.09. The van der Waals surface area contributed by atoms with Crippen LogP contribution in [0.5, 0.6) is 0 Å². The average Bonchev–Trinajstić information content (AvgIpc) is 2.81. The van der Waals surface area contributed by atoms with Crippen LogP contribution in [-0.4, -0.2) is 20.1 Å². The van der Waals surface area contributed by atoms with Crippen molar-refractivity contribution < 1.29 is 18.3 Å². The number of aryl methyl sites for hydroxylation is 1. The van der Waals surface area contributed by atoms with Crippen LogP contribution in [0.4, 0.5) is 13.2 Å². The third-order valence-electron chi connectivity index (χ3n) is 2.88. The monoisotopic (exact) mass is 285 g/mol. The lowest BCUT2D eigenvalue weighted by molar-refractivity contribution is -0.137. The van der Waals surface area contributed by atoms with Crippen LogP contribution in [0.3, 0.4) is 0 Å². The summed E-state index contributed by atoms with van der Waals surface area (Å²) in [5, 5.41) is 17.0. The van der Waals surface area contributed by atoms with Gasteiger partial charge in [-0.1, -0.05) is 24.3 Å². The SMILES string of the molecule is CCCn1nnc(CO)c1-c1ccc(C(F)(F)F)cc1. The Morgan fingerprint density at radius 2 is 1.85 bits per heavy atom. The Morgan fingerprint density at radius 3 is 2.35 bits per heavy atom. The second-order valence-corrected chi connectivity index (χ2v) is 4.34. The minimum Gasteiger partial charge on any atom is -0.390 e. The third-order valence-corrected chi connectivity index (χ3v) is 2.88. The fourth-order valence-corrected chi connectivity index (χ4v) is 1.96. The van der Waals surface area contributed by atoms with Crippen molar-refractivity contribution in [2.24, 2.45) is 0 Å². The molecule has 0 aliphatic heterocycles. The molecular weight excluding hydrogens is 271 g/mol. The number of alkyl halides is 3. The van der Waals surface area contributed by atoms with Gasteiger partial charge in [-0.05, 0) is 18.6 Å². The summed E-state index contributed by atoms with van der Waals surface area (Å²) in [6.07, 6.45) is -3.55. The third kappa shape index (κ3) is 2.82. The molecule has 1 heterocycles. The summed E-state index contributed by atoms with van der Waals surface area (Å²) < 4.78 is 39.2. The number of benzene rings is 1. The molecule has 0 aliphatic carbocycles. The van der Waals surface area contributed by atoms with Gasteiger partial charge in [0.1, 0.15) is 5.69 Å². The van der Waals surface area contributed by atoms with E-state index in [0.717, 1.165) is 18.6 Å². The van der Waals surface area contributed by atoms with Crippen molar-refractivity contribution >= 4 is 0 Å². The van der Waals surface area contributed by atoms with E-state index < -0.39 is 11.7 Å². The summed E-state index contributed by atoms with van der Waals surface area (Å²) >= 11 is 0. The first-order chi connectivity index (χ1) is 9.47. The van der Waals surface area contributed by atoms with Crippen molar-refractivity contribution in [2.75, 3.05) is 0 Å². The van der Waals surface area contributed by atoms with E-state index in [2.05, 4.69) is 10.3 Å². The van der Waals surface area contributed by atoms with Gasteiger partial charge in [-0.2, -0.15) is 13.2 Å². The molecular formula is C13H14F3N3O. The average molecular weight is 285 g/mol. The lowest BCUT2D eigenvalue weighted by atomic mass is 10.1. The molecule has 0 saturated carbocycles. The Kier molecular flexibility index (Phi) is 4.08. The van der Waals surface area contributed by atoms with Crippen molar-refractivity contribution in [3.05, 3.63) is 35.5 Å². The van der Waals surface area contributed by atoms with Gasteiger partial charge >= 0.3 is 6.18 Å². The molecule has 7 heteroatoms. The van der Waals surface area contributed by atoms with Gasteiger partial charge in [0, 0.05) is 12.1 Å². The highest BCUT2D eigenvalue weighted by atomic mass is 19.4. The van der Waals surface area contributed by atoms with E-state index in [1.807, 2.05) is 6.92 Å². The van der Waals surface area contributed by atoms with E-state index in [-0.39, 0.29) is 6.61 Å². The van der Waals surface area contributed by atoms with Gasteiger partial charge in [-0.25, -0.2) is 4.68 Å². The van der Waals surface area contributed by atoms with Crippen molar-refractivity contribution in [1.29, 1.82) is 0 Å². The highest BCUT2D eigenvalue weighted by Gasteiger charge is 2.30. The summed E-state index contributed by atoms with van der Waals surface area (Å²) in [4.78, 5) is 0. The molecule has 0 saturated heterocycles. The van der Waals surface area contributed by atoms with Crippen LogP contribution >= 0.6 is 0 Å². The first-order valence-corrected chi connectivity index (χ1v) is 6.18. The number of nitrogens with zero attached hydrogens (tertiary/aromatic N) is 3. The van der Waals surface area contributed by atoms with Crippen LogP contribution in [0.1, 0.15) is 24.6 Å². The van der Waals surface area contributed by atoms with Crippen molar-refractivity contribution in [3.8, 4) is 11.3 Å². The molecule has 0 atom stereocenters.